The molecule has 0 aliphatic carbocycles. The van der Waals surface area contributed by atoms with E-state index in [1.807, 2.05) is 0 Å². The lowest BCUT2D eigenvalue weighted by Gasteiger charge is -1.60. The Labute approximate surface area is 49.0 Å². The van der Waals surface area contributed by atoms with E-state index in [2.05, 4.69) is 0 Å². The van der Waals surface area contributed by atoms with Gasteiger partial charge in [-0.05, 0) is 0 Å². The van der Waals surface area contributed by atoms with Crippen LogP contribution in [-0.4, -0.2) is 24.8 Å². The van der Waals surface area contributed by atoms with E-state index in [1.54, 1.807) is 0 Å². The third kappa shape index (κ3) is 216. The Morgan fingerprint density at radius 1 is 1.22 bits per heavy atom. The molecule has 5 nitrogen and oxygen atoms in total. The molecule has 0 fully saturated rings. The minimum Gasteiger partial charge on any atom is -0.450 e. The van der Waals surface area contributed by atoms with E-state index in [-0.39, 0.29) is 0 Å². The standard InChI is InChI=1S/CH2O3.F2O2S/c2-1(3)4;1-5(2,3)4/h(H2,2,3,4);. The van der Waals surface area contributed by atoms with E-state index in [0.29, 0.717) is 0 Å². The zero-order chi connectivity index (χ0) is 8.08. The molecule has 0 unspecified atom stereocenters. The van der Waals surface area contributed by atoms with Crippen molar-refractivity contribution in [1.82, 2.24) is 0 Å². The number of hydrogen-bond donors (Lipinski definition) is 2. The van der Waals surface area contributed by atoms with Crippen LogP contribution >= 0.6 is 0 Å². The summed E-state index contributed by atoms with van der Waals surface area (Å²) in [6.45, 7) is 0. The fourth-order valence-corrected chi connectivity index (χ4v) is 0. The molecule has 0 saturated heterocycles. The lowest BCUT2D eigenvalue weighted by Crippen LogP contribution is -1.81. The van der Waals surface area contributed by atoms with Crippen molar-refractivity contribution < 1.29 is 31.2 Å². The molecule has 0 heterocycles. The second-order valence-electron chi connectivity index (χ2n) is 0.661. The minimum atomic E-state index is -5.67. The molecule has 56 valence electrons. The highest BCUT2D eigenvalue weighted by atomic mass is 32.3. The van der Waals surface area contributed by atoms with Gasteiger partial charge in [-0.15, -0.1) is 0 Å². The summed E-state index contributed by atoms with van der Waals surface area (Å²) >= 11 is 0. The van der Waals surface area contributed by atoms with Crippen LogP contribution in [0.4, 0.5) is 12.6 Å². The Balaban J connectivity index is 0. The average Bonchev–Trinajstić information content (AvgIpc) is 1.19. The lowest BCUT2D eigenvalue weighted by atomic mass is 11.5. The number of halogens is 2. The maximum Gasteiger partial charge on any atom is 0.503 e. The van der Waals surface area contributed by atoms with Crippen LogP contribution in [0.2, 0.25) is 0 Å². The fourth-order valence-electron chi connectivity index (χ4n) is 0. The topological polar surface area (TPSA) is 91.7 Å². The largest absolute Gasteiger partial charge is 0.503 e. The first kappa shape index (κ1) is 11.0. The molecule has 0 aromatic carbocycles. The van der Waals surface area contributed by atoms with Gasteiger partial charge < -0.3 is 10.2 Å². The van der Waals surface area contributed by atoms with Gasteiger partial charge in [0.2, 0.25) is 0 Å². The molecule has 9 heavy (non-hydrogen) atoms. The molecule has 8 heteroatoms. The second-order valence-corrected chi connectivity index (χ2v) is 1.42. The summed E-state index contributed by atoms with van der Waals surface area (Å²) in [5, 5.41) is 13.9. The van der Waals surface area contributed by atoms with Gasteiger partial charge in [0, 0.05) is 0 Å². The molecular weight excluding hydrogens is 162 g/mol. The van der Waals surface area contributed by atoms with Crippen molar-refractivity contribution >= 4 is 16.8 Å². The van der Waals surface area contributed by atoms with Crippen molar-refractivity contribution in [2.75, 3.05) is 0 Å². The van der Waals surface area contributed by atoms with E-state index in [1.165, 1.54) is 0 Å². The molecule has 0 amide bonds. The molecule has 0 bridgehead atoms. The van der Waals surface area contributed by atoms with Gasteiger partial charge in [0.05, 0.1) is 0 Å². The fraction of sp³-hybridized carbons (Fsp3) is 0. The third-order valence-corrected chi connectivity index (χ3v) is 0. The predicted molar refractivity (Wildman–Crippen MR) is 21.8 cm³/mol. The zero-order valence-corrected chi connectivity index (χ0v) is 4.60. The molecule has 0 radical (unpaired) electrons. The van der Waals surface area contributed by atoms with Crippen LogP contribution in [0, 0.1) is 0 Å². The van der Waals surface area contributed by atoms with E-state index in [0.717, 1.165) is 0 Å². The molecule has 0 atom stereocenters. The Hall–Kier alpha value is -0.920. The number of rotatable bonds is 0. The first-order valence-corrected chi connectivity index (χ1v) is 2.58. The molecule has 0 aliphatic rings. The van der Waals surface area contributed by atoms with Crippen LogP contribution < -0.4 is 0 Å². The van der Waals surface area contributed by atoms with Crippen LogP contribution in [0.3, 0.4) is 0 Å². The summed E-state index contributed by atoms with van der Waals surface area (Å²) < 4.78 is 36.6. The van der Waals surface area contributed by atoms with E-state index in [4.69, 9.17) is 23.4 Å². The van der Waals surface area contributed by atoms with Crippen LogP contribution in [-0.2, 0) is 10.6 Å². The molecule has 0 saturated carbocycles. The molecule has 0 spiro atoms. The van der Waals surface area contributed by atoms with Crippen molar-refractivity contribution in [1.29, 1.82) is 0 Å². The summed E-state index contributed by atoms with van der Waals surface area (Å²) in [4.78, 5) is 8.56. The van der Waals surface area contributed by atoms with Gasteiger partial charge in [-0.1, -0.05) is 7.77 Å². The summed E-state index contributed by atoms with van der Waals surface area (Å²) in [5.74, 6) is 0. The third-order valence-electron chi connectivity index (χ3n) is 0. The highest BCUT2D eigenvalue weighted by Crippen LogP contribution is 1.85. The van der Waals surface area contributed by atoms with E-state index in [9.17, 15) is 7.77 Å². The van der Waals surface area contributed by atoms with Crippen molar-refractivity contribution in [3.05, 3.63) is 0 Å². The monoisotopic (exact) mass is 164 g/mol. The molecule has 0 rings (SSSR count). The minimum absolute atomic E-state index is 1.83. The van der Waals surface area contributed by atoms with Crippen molar-refractivity contribution in [2.45, 2.75) is 0 Å². The van der Waals surface area contributed by atoms with Gasteiger partial charge in [-0.3, -0.25) is 0 Å². The first-order valence-electron chi connectivity index (χ1n) is 1.29. The summed E-state index contributed by atoms with van der Waals surface area (Å²) in [6, 6.07) is 0. The normalized spacial score (nSPS) is 9.11. The highest BCUT2D eigenvalue weighted by Gasteiger charge is 1.94. The zero-order valence-electron chi connectivity index (χ0n) is 3.78. The van der Waals surface area contributed by atoms with Crippen LogP contribution in [0.25, 0.3) is 0 Å². The van der Waals surface area contributed by atoms with Crippen LogP contribution in [0.15, 0.2) is 0 Å². The van der Waals surface area contributed by atoms with Crippen LogP contribution in [0.1, 0.15) is 0 Å². The molecule has 0 aromatic heterocycles. The van der Waals surface area contributed by atoms with Gasteiger partial charge in [0.1, 0.15) is 0 Å². The lowest BCUT2D eigenvalue weighted by molar-refractivity contribution is 0.137. The number of carboxylic acid groups (broad SMARTS) is 2. The number of carbonyl (C=O) groups is 1. The molecule has 0 aromatic rings. The Morgan fingerprint density at radius 2 is 1.22 bits per heavy atom. The smallest absolute Gasteiger partial charge is 0.450 e. The predicted octanol–water partition coefficient (Wildman–Crippen LogP) is 0.393. The van der Waals surface area contributed by atoms with Crippen molar-refractivity contribution in [2.24, 2.45) is 0 Å². The van der Waals surface area contributed by atoms with E-state index >= 15 is 0 Å². The SMILES string of the molecule is O=C(O)O.O=S(=O)(F)F. The summed E-state index contributed by atoms with van der Waals surface area (Å²) in [6.07, 6.45) is -1.83. The Kier molecular flexibility index (Phi) is 4.88. The van der Waals surface area contributed by atoms with Crippen molar-refractivity contribution in [3.8, 4) is 0 Å². The highest BCUT2D eigenvalue weighted by molar-refractivity contribution is 7.81. The number of hydrogen-bond acceptors (Lipinski definition) is 3. The van der Waals surface area contributed by atoms with Gasteiger partial charge in [-0.25, -0.2) is 4.79 Å². The van der Waals surface area contributed by atoms with Gasteiger partial charge >= 0.3 is 16.8 Å². The maximum absolute atomic E-state index is 9.99. The van der Waals surface area contributed by atoms with Gasteiger partial charge in [0.25, 0.3) is 0 Å². The maximum atomic E-state index is 9.99. The van der Waals surface area contributed by atoms with E-state index < -0.39 is 16.8 Å². The summed E-state index contributed by atoms with van der Waals surface area (Å²) in [7, 11) is -5.67. The average molecular weight is 164 g/mol. The Bertz CT molecular complexity index is 157. The second kappa shape index (κ2) is 4.01. The molecule has 2 N–H and O–H groups in total. The van der Waals surface area contributed by atoms with Gasteiger partial charge in [-0.2, -0.15) is 8.42 Å². The Morgan fingerprint density at radius 3 is 1.22 bits per heavy atom. The quantitative estimate of drug-likeness (QED) is 0.505. The molecule has 0 aliphatic heterocycles. The molecular formula is CH2F2O5S. The van der Waals surface area contributed by atoms with Gasteiger partial charge in [0.15, 0.2) is 0 Å². The van der Waals surface area contributed by atoms with Crippen molar-refractivity contribution in [3.63, 3.8) is 0 Å². The first-order chi connectivity index (χ1) is 3.73. The van der Waals surface area contributed by atoms with Crippen LogP contribution in [0.5, 0.6) is 0 Å². The summed E-state index contributed by atoms with van der Waals surface area (Å²) in [5.41, 5.74) is 0.